The number of fused-ring (bicyclic) bond motifs is 1. The Balaban J connectivity index is 1.41. The van der Waals surface area contributed by atoms with Crippen LogP contribution in [-0.4, -0.2) is 72.7 Å². The van der Waals surface area contributed by atoms with E-state index in [-0.39, 0.29) is 5.91 Å². The van der Waals surface area contributed by atoms with Crippen LogP contribution in [-0.2, 0) is 16.6 Å². The second-order valence-electron chi connectivity index (χ2n) is 8.26. The van der Waals surface area contributed by atoms with E-state index in [1.165, 1.54) is 4.31 Å². The first-order valence-corrected chi connectivity index (χ1v) is 12.7. The fourth-order valence-corrected chi connectivity index (χ4v) is 5.64. The predicted molar refractivity (Wildman–Crippen MR) is 126 cm³/mol. The number of nitrogens with zero attached hydrogens (tertiary/aromatic N) is 4. The van der Waals surface area contributed by atoms with Gasteiger partial charge in [-0.15, -0.1) is 0 Å². The van der Waals surface area contributed by atoms with Gasteiger partial charge in [0.15, 0.2) is 5.58 Å². The van der Waals surface area contributed by atoms with E-state index in [0.717, 1.165) is 5.56 Å². The molecule has 0 saturated carbocycles. The number of amides is 1. The largest absolute Gasteiger partial charge is 0.439 e. The zero-order valence-electron chi connectivity index (χ0n) is 19.3. The first-order chi connectivity index (χ1) is 15.8. The average Bonchev–Trinajstić information content (AvgIpc) is 3.21. The number of hydrogen-bond donors (Lipinski definition) is 0. The van der Waals surface area contributed by atoms with E-state index in [9.17, 15) is 13.2 Å². The lowest BCUT2D eigenvalue weighted by atomic mass is 10.2. The minimum Gasteiger partial charge on any atom is -0.439 e. The third-order valence-electron chi connectivity index (χ3n) is 6.05. The topological polar surface area (TPSA) is 87.0 Å². The van der Waals surface area contributed by atoms with E-state index >= 15 is 0 Å². The highest BCUT2D eigenvalue weighted by atomic mass is 32.2. The van der Waals surface area contributed by atoms with Crippen molar-refractivity contribution in [2.75, 3.05) is 39.3 Å². The molecule has 0 aliphatic carbocycles. The molecular formula is C24H30N4O4S. The van der Waals surface area contributed by atoms with E-state index in [1.807, 2.05) is 26.8 Å². The molecule has 9 heteroatoms. The van der Waals surface area contributed by atoms with E-state index < -0.39 is 10.0 Å². The molecule has 1 amide bonds. The van der Waals surface area contributed by atoms with Gasteiger partial charge in [-0.25, -0.2) is 13.4 Å². The van der Waals surface area contributed by atoms with Gasteiger partial charge in [-0.2, -0.15) is 4.31 Å². The van der Waals surface area contributed by atoms with Gasteiger partial charge in [0.2, 0.25) is 15.9 Å². The maximum atomic E-state index is 12.9. The summed E-state index contributed by atoms with van der Waals surface area (Å²) in [6.45, 7) is 9.63. The number of oxazole rings is 1. The van der Waals surface area contributed by atoms with Gasteiger partial charge >= 0.3 is 0 Å². The Labute approximate surface area is 194 Å². The summed E-state index contributed by atoms with van der Waals surface area (Å²) in [6, 6.07) is 12.3. The molecule has 3 aromatic rings. The maximum Gasteiger partial charge on any atom is 0.253 e. The molecule has 33 heavy (non-hydrogen) atoms. The Kier molecular flexibility index (Phi) is 6.83. The van der Waals surface area contributed by atoms with Crippen molar-refractivity contribution in [1.82, 2.24) is 19.1 Å². The van der Waals surface area contributed by atoms with Crippen LogP contribution in [0.5, 0.6) is 0 Å². The summed E-state index contributed by atoms with van der Waals surface area (Å²) >= 11 is 0. The molecular weight excluding hydrogens is 440 g/mol. The molecule has 0 atom stereocenters. The van der Waals surface area contributed by atoms with Crippen LogP contribution in [0.3, 0.4) is 0 Å². The summed E-state index contributed by atoms with van der Waals surface area (Å²) in [5, 5.41) is 0. The Bertz CT molecular complexity index is 1240. The van der Waals surface area contributed by atoms with E-state index in [2.05, 4.69) is 9.88 Å². The van der Waals surface area contributed by atoms with Crippen molar-refractivity contribution in [1.29, 1.82) is 0 Å². The van der Waals surface area contributed by atoms with Crippen molar-refractivity contribution in [3.05, 3.63) is 59.5 Å². The van der Waals surface area contributed by atoms with Crippen LogP contribution < -0.4 is 0 Å². The Hall–Kier alpha value is -2.75. The fourth-order valence-electron chi connectivity index (χ4n) is 4.11. The molecule has 4 rings (SSSR count). The van der Waals surface area contributed by atoms with Crippen LogP contribution in [0.25, 0.3) is 11.1 Å². The summed E-state index contributed by atoms with van der Waals surface area (Å²) < 4.78 is 33.3. The molecule has 0 unspecified atom stereocenters. The standard InChI is InChI=1S/C24H30N4O4S/c1-4-27(5-2)24(29)19-9-10-22-21(16-19)25-23(32-22)17-26-11-13-28(14-12-26)33(30,31)20-8-6-7-18(3)15-20/h6-10,15-16H,4-5,11-14,17H2,1-3H3. The second kappa shape index (κ2) is 9.62. The van der Waals surface area contributed by atoms with E-state index in [1.54, 1.807) is 41.3 Å². The number of rotatable bonds is 7. The summed E-state index contributed by atoms with van der Waals surface area (Å²) in [7, 11) is -3.49. The van der Waals surface area contributed by atoms with Crippen molar-refractivity contribution in [2.24, 2.45) is 0 Å². The number of aromatic nitrogens is 1. The highest BCUT2D eigenvalue weighted by Crippen LogP contribution is 2.22. The molecule has 1 aromatic heterocycles. The van der Waals surface area contributed by atoms with Gasteiger partial charge in [0, 0.05) is 44.8 Å². The number of benzene rings is 2. The molecule has 1 fully saturated rings. The first-order valence-electron chi connectivity index (χ1n) is 11.3. The summed E-state index contributed by atoms with van der Waals surface area (Å²) in [5.74, 6) is 0.546. The summed E-state index contributed by atoms with van der Waals surface area (Å²) in [6.07, 6.45) is 0. The van der Waals surface area contributed by atoms with E-state index in [4.69, 9.17) is 4.42 Å². The third kappa shape index (κ3) is 4.95. The molecule has 0 spiro atoms. The smallest absolute Gasteiger partial charge is 0.253 e. The number of carbonyl (C=O) groups is 1. The SMILES string of the molecule is CCN(CC)C(=O)c1ccc2oc(CN3CCN(S(=O)(=O)c4cccc(C)c4)CC3)nc2c1. The van der Waals surface area contributed by atoms with Gasteiger partial charge in [-0.1, -0.05) is 12.1 Å². The average molecular weight is 471 g/mol. The van der Waals surface area contributed by atoms with Gasteiger partial charge in [0.05, 0.1) is 11.4 Å². The van der Waals surface area contributed by atoms with E-state index in [0.29, 0.717) is 73.3 Å². The molecule has 2 heterocycles. The van der Waals surface area contributed by atoms with Gasteiger partial charge in [-0.3, -0.25) is 9.69 Å². The molecule has 8 nitrogen and oxygen atoms in total. The minimum atomic E-state index is -3.49. The molecule has 1 aliphatic rings. The first kappa shape index (κ1) is 23.4. The predicted octanol–water partition coefficient (Wildman–Crippen LogP) is 3.12. The lowest BCUT2D eigenvalue weighted by molar-refractivity contribution is 0.0773. The van der Waals surface area contributed by atoms with Crippen molar-refractivity contribution < 1.29 is 17.6 Å². The van der Waals surface area contributed by atoms with Gasteiger partial charge in [0.1, 0.15) is 5.52 Å². The number of sulfonamides is 1. The Morgan fingerprint density at radius 2 is 1.79 bits per heavy atom. The zero-order chi connectivity index (χ0) is 23.6. The lowest BCUT2D eigenvalue weighted by Crippen LogP contribution is -2.48. The Morgan fingerprint density at radius 1 is 1.06 bits per heavy atom. The molecule has 2 aromatic carbocycles. The zero-order valence-corrected chi connectivity index (χ0v) is 20.1. The number of hydrogen-bond acceptors (Lipinski definition) is 6. The van der Waals surface area contributed by atoms with Gasteiger partial charge in [0.25, 0.3) is 5.91 Å². The van der Waals surface area contributed by atoms with Crippen molar-refractivity contribution in [3.63, 3.8) is 0 Å². The lowest BCUT2D eigenvalue weighted by Gasteiger charge is -2.33. The third-order valence-corrected chi connectivity index (χ3v) is 7.94. The van der Waals surface area contributed by atoms with Crippen molar-refractivity contribution in [3.8, 4) is 0 Å². The van der Waals surface area contributed by atoms with Crippen LogP contribution in [0.4, 0.5) is 0 Å². The Morgan fingerprint density at radius 3 is 2.45 bits per heavy atom. The number of aryl methyl sites for hydroxylation is 1. The number of carbonyl (C=O) groups excluding carboxylic acids is 1. The molecule has 176 valence electrons. The van der Waals surface area contributed by atoms with Gasteiger partial charge < -0.3 is 9.32 Å². The van der Waals surface area contributed by atoms with Crippen LogP contribution in [0, 0.1) is 6.92 Å². The molecule has 1 saturated heterocycles. The van der Waals surface area contributed by atoms with Crippen molar-refractivity contribution >= 4 is 27.0 Å². The summed E-state index contributed by atoms with van der Waals surface area (Å²) in [4.78, 5) is 21.4. The quantitative estimate of drug-likeness (QED) is 0.527. The number of piperazine rings is 1. The fraction of sp³-hybridized carbons (Fsp3) is 0.417. The maximum absolute atomic E-state index is 12.9. The molecule has 0 bridgehead atoms. The molecule has 0 N–H and O–H groups in total. The highest BCUT2D eigenvalue weighted by molar-refractivity contribution is 7.89. The molecule has 1 aliphatic heterocycles. The second-order valence-corrected chi connectivity index (χ2v) is 10.2. The van der Waals surface area contributed by atoms with Crippen molar-refractivity contribution in [2.45, 2.75) is 32.2 Å². The minimum absolute atomic E-state index is 0.0163. The normalized spacial score (nSPS) is 15.7. The van der Waals surface area contributed by atoms with Crippen LogP contribution >= 0.6 is 0 Å². The van der Waals surface area contributed by atoms with Crippen LogP contribution in [0.2, 0.25) is 0 Å². The molecule has 0 radical (unpaired) electrons. The van der Waals surface area contributed by atoms with Gasteiger partial charge in [-0.05, 0) is 56.7 Å². The summed E-state index contributed by atoms with van der Waals surface area (Å²) in [5.41, 5.74) is 2.82. The van der Waals surface area contributed by atoms with Crippen LogP contribution in [0.1, 0.15) is 35.7 Å². The van der Waals surface area contributed by atoms with Crippen LogP contribution in [0.15, 0.2) is 51.8 Å². The highest BCUT2D eigenvalue weighted by Gasteiger charge is 2.29. The monoisotopic (exact) mass is 470 g/mol.